The highest BCUT2D eigenvalue weighted by atomic mass is 32.1. The molecule has 9 heteroatoms. The van der Waals surface area contributed by atoms with Crippen LogP contribution in [0.1, 0.15) is 33.9 Å². The van der Waals surface area contributed by atoms with Gasteiger partial charge in [0.05, 0.1) is 17.8 Å². The van der Waals surface area contributed by atoms with Crippen LogP contribution in [0, 0.1) is 12.8 Å². The van der Waals surface area contributed by atoms with Crippen molar-refractivity contribution in [1.82, 2.24) is 14.9 Å². The number of hydrogen-bond acceptors (Lipinski definition) is 5. The molecule has 3 heterocycles. The third-order valence-electron chi connectivity index (χ3n) is 4.32. The third kappa shape index (κ3) is 4.32. The highest BCUT2D eigenvalue weighted by Crippen LogP contribution is 2.29. The first-order valence-electron chi connectivity index (χ1n) is 8.21. The minimum atomic E-state index is -4.49. The Morgan fingerprint density at radius 1 is 1.35 bits per heavy atom. The maximum Gasteiger partial charge on any atom is 0.433 e. The average molecular weight is 385 g/mol. The van der Waals surface area contributed by atoms with E-state index in [4.69, 9.17) is 4.74 Å². The summed E-state index contributed by atoms with van der Waals surface area (Å²) in [4.78, 5) is 22.5. The van der Waals surface area contributed by atoms with Gasteiger partial charge in [-0.05, 0) is 31.7 Å². The molecule has 5 nitrogen and oxygen atoms in total. The van der Waals surface area contributed by atoms with E-state index in [2.05, 4.69) is 9.97 Å². The molecule has 0 saturated carbocycles. The maximum absolute atomic E-state index is 12.7. The number of rotatable bonds is 4. The number of amides is 1. The molecular weight excluding hydrogens is 367 g/mol. The lowest BCUT2D eigenvalue weighted by Crippen LogP contribution is -2.39. The van der Waals surface area contributed by atoms with Gasteiger partial charge < -0.3 is 9.64 Å². The Balaban J connectivity index is 1.50. The fourth-order valence-corrected chi connectivity index (χ4v) is 3.58. The molecule has 0 aliphatic carbocycles. The van der Waals surface area contributed by atoms with Crippen LogP contribution in [0.4, 0.5) is 13.2 Å². The summed E-state index contributed by atoms with van der Waals surface area (Å²) in [5.41, 5.74) is 1.43. The van der Waals surface area contributed by atoms with Crippen molar-refractivity contribution >= 4 is 17.2 Å². The van der Waals surface area contributed by atoms with E-state index in [1.54, 1.807) is 10.4 Å². The summed E-state index contributed by atoms with van der Waals surface area (Å²) in [6.07, 6.45) is -3.01. The molecule has 0 atom stereocenters. The first kappa shape index (κ1) is 18.6. The Kier molecular flexibility index (Phi) is 5.45. The van der Waals surface area contributed by atoms with Gasteiger partial charge in [-0.1, -0.05) is 6.07 Å². The van der Waals surface area contributed by atoms with E-state index in [0.717, 1.165) is 24.6 Å². The summed E-state index contributed by atoms with van der Waals surface area (Å²) in [7, 11) is 0. The lowest BCUT2D eigenvalue weighted by Gasteiger charge is -2.31. The number of aryl methyl sites for hydroxylation is 1. The highest BCUT2D eigenvalue weighted by Gasteiger charge is 2.33. The van der Waals surface area contributed by atoms with Crippen LogP contribution < -0.4 is 4.74 Å². The second-order valence-electron chi connectivity index (χ2n) is 6.17. The fourth-order valence-electron chi connectivity index (χ4n) is 2.81. The van der Waals surface area contributed by atoms with Gasteiger partial charge in [-0.15, -0.1) is 11.3 Å². The van der Waals surface area contributed by atoms with Crippen LogP contribution in [0.15, 0.2) is 23.7 Å². The van der Waals surface area contributed by atoms with Crippen molar-refractivity contribution in [2.45, 2.75) is 25.9 Å². The van der Waals surface area contributed by atoms with Gasteiger partial charge in [0.2, 0.25) is 5.88 Å². The van der Waals surface area contributed by atoms with Crippen molar-refractivity contribution in [3.05, 3.63) is 40.0 Å². The number of pyridine rings is 1. The van der Waals surface area contributed by atoms with E-state index in [1.165, 1.54) is 23.5 Å². The maximum atomic E-state index is 12.7. The average Bonchev–Trinajstić information content (AvgIpc) is 3.05. The van der Waals surface area contributed by atoms with Crippen molar-refractivity contribution in [1.29, 1.82) is 0 Å². The van der Waals surface area contributed by atoms with Crippen LogP contribution in [0.25, 0.3) is 0 Å². The lowest BCUT2D eigenvalue weighted by atomic mass is 9.97. The molecule has 26 heavy (non-hydrogen) atoms. The minimum absolute atomic E-state index is 0.0103. The standard InChI is InChI=1S/C17H18F3N3O2S/c1-11-15(26-10-21-11)16(24)23-7-5-12(6-8-23)9-25-14-4-2-3-13(22-14)17(18,19)20/h2-4,10,12H,5-9H2,1H3. The van der Waals surface area contributed by atoms with E-state index < -0.39 is 11.9 Å². The van der Waals surface area contributed by atoms with Crippen molar-refractivity contribution in [3.8, 4) is 5.88 Å². The van der Waals surface area contributed by atoms with Crippen molar-refractivity contribution < 1.29 is 22.7 Å². The van der Waals surface area contributed by atoms with Gasteiger partial charge in [0.25, 0.3) is 5.91 Å². The molecule has 1 aliphatic rings. The van der Waals surface area contributed by atoms with Crippen LogP contribution in [0.2, 0.25) is 0 Å². The second-order valence-corrected chi connectivity index (χ2v) is 7.03. The zero-order valence-corrected chi connectivity index (χ0v) is 14.9. The molecule has 1 saturated heterocycles. The van der Waals surface area contributed by atoms with Crippen LogP contribution in [-0.2, 0) is 6.18 Å². The third-order valence-corrected chi connectivity index (χ3v) is 5.24. The summed E-state index contributed by atoms with van der Waals surface area (Å²) >= 11 is 1.34. The molecule has 1 fully saturated rings. The number of nitrogens with zero attached hydrogens (tertiary/aromatic N) is 3. The summed E-state index contributed by atoms with van der Waals surface area (Å²) in [5, 5.41) is 0. The fraction of sp³-hybridized carbons (Fsp3) is 0.471. The van der Waals surface area contributed by atoms with E-state index in [1.807, 2.05) is 6.92 Å². The van der Waals surface area contributed by atoms with E-state index in [9.17, 15) is 18.0 Å². The van der Waals surface area contributed by atoms with Gasteiger partial charge in [-0.25, -0.2) is 9.97 Å². The van der Waals surface area contributed by atoms with E-state index >= 15 is 0 Å². The number of halogens is 3. The van der Waals surface area contributed by atoms with Gasteiger partial charge in [-0.3, -0.25) is 4.79 Å². The Bertz CT molecular complexity index is 771. The normalized spacial score (nSPS) is 15.9. The van der Waals surface area contributed by atoms with Crippen molar-refractivity contribution in [3.63, 3.8) is 0 Å². The zero-order chi connectivity index (χ0) is 18.7. The Morgan fingerprint density at radius 2 is 2.08 bits per heavy atom. The second kappa shape index (κ2) is 7.61. The molecule has 3 rings (SSSR count). The predicted molar refractivity (Wildman–Crippen MR) is 90.2 cm³/mol. The molecule has 0 spiro atoms. The largest absolute Gasteiger partial charge is 0.477 e. The van der Waals surface area contributed by atoms with Crippen LogP contribution >= 0.6 is 11.3 Å². The van der Waals surface area contributed by atoms with Crippen molar-refractivity contribution in [2.75, 3.05) is 19.7 Å². The number of likely N-dealkylation sites (tertiary alicyclic amines) is 1. The molecule has 140 valence electrons. The topological polar surface area (TPSA) is 55.3 Å². The Labute approximate surface area is 152 Å². The van der Waals surface area contributed by atoms with Crippen LogP contribution in [0.3, 0.4) is 0 Å². The number of ether oxygens (including phenoxy) is 1. The predicted octanol–water partition coefficient (Wildman–Crippen LogP) is 3.80. The molecule has 2 aromatic heterocycles. The Hall–Kier alpha value is -2.16. The molecule has 1 amide bonds. The quantitative estimate of drug-likeness (QED) is 0.803. The molecule has 0 N–H and O–H groups in total. The smallest absolute Gasteiger partial charge is 0.433 e. The SMILES string of the molecule is Cc1ncsc1C(=O)N1CCC(COc2cccc(C(F)(F)F)n2)CC1. The summed E-state index contributed by atoms with van der Waals surface area (Å²) in [6, 6.07) is 3.61. The number of carbonyl (C=O) groups is 1. The first-order valence-corrected chi connectivity index (χ1v) is 9.09. The number of carbonyl (C=O) groups excluding carboxylic acids is 1. The molecule has 0 unspecified atom stereocenters. The molecule has 2 aromatic rings. The molecule has 0 bridgehead atoms. The van der Waals surface area contributed by atoms with Crippen molar-refractivity contribution in [2.24, 2.45) is 5.92 Å². The van der Waals surface area contributed by atoms with Gasteiger partial charge in [0, 0.05) is 19.2 Å². The summed E-state index contributed by atoms with van der Waals surface area (Å²) in [6.45, 7) is 3.29. The van der Waals surface area contributed by atoms with Gasteiger partial charge in [0.15, 0.2) is 0 Å². The van der Waals surface area contributed by atoms with Gasteiger partial charge in [0.1, 0.15) is 10.6 Å². The molecular formula is C17H18F3N3O2S. The van der Waals surface area contributed by atoms with Gasteiger partial charge >= 0.3 is 6.18 Å². The number of hydrogen-bond donors (Lipinski definition) is 0. The molecule has 0 aromatic carbocycles. The summed E-state index contributed by atoms with van der Waals surface area (Å²) < 4.78 is 43.4. The zero-order valence-electron chi connectivity index (χ0n) is 14.1. The van der Waals surface area contributed by atoms with Crippen LogP contribution in [-0.4, -0.2) is 40.5 Å². The summed E-state index contributed by atoms with van der Waals surface area (Å²) in [5.74, 6) is 0.139. The Morgan fingerprint density at radius 3 is 2.69 bits per heavy atom. The van der Waals surface area contributed by atoms with Gasteiger partial charge in [-0.2, -0.15) is 13.2 Å². The molecule has 0 radical (unpaired) electrons. The molecule has 1 aliphatic heterocycles. The number of piperidine rings is 1. The minimum Gasteiger partial charge on any atom is -0.477 e. The number of aromatic nitrogens is 2. The van der Waals surface area contributed by atoms with Crippen LogP contribution in [0.5, 0.6) is 5.88 Å². The van der Waals surface area contributed by atoms with E-state index in [0.29, 0.717) is 18.0 Å². The van der Waals surface area contributed by atoms with E-state index in [-0.39, 0.29) is 24.3 Å². The first-order chi connectivity index (χ1) is 12.3. The monoisotopic (exact) mass is 385 g/mol. The lowest BCUT2D eigenvalue weighted by molar-refractivity contribution is -0.141. The highest BCUT2D eigenvalue weighted by molar-refractivity contribution is 7.11. The number of thiazole rings is 1. The number of alkyl halides is 3.